The topological polar surface area (TPSA) is 121 Å². The summed E-state index contributed by atoms with van der Waals surface area (Å²) in [7, 11) is 0. The highest BCUT2D eigenvalue weighted by molar-refractivity contribution is 5.84. The first-order valence-electron chi connectivity index (χ1n) is 6.52. The molecule has 0 aliphatic heterocycles. The Morgan fingerprint density at radius 1 is 1.33 bits per heavy atom. The molecule has 4 N–H and O–H groups in total. The molecular formula is C13H19N3O5. The molecule has 0 saturated carbocycles. The molecule has 1 aromatic heterocycles. The Hall–Kier alpha value is -2.51. The van der Waals surface area contributed by atoms with Crippen molar-refractivity contribution in [2.75, 3.05) is 6.54 Å². The summed E-state index contributed by atoms with van der Waals surface area (Å²) in [5, 5.41) is 16.0. The molecule has 3 amide bonds. The highest BCUT2D eigenvalue weighted by Gasteiger charge is 2.10. The molecule has 0 saturated heterocycles. The molecule has 8 nitrogen and oxygen atoms in total. The molecule has 0 aliphatic rings. The largest absolute Gasteiger partial charge is 0.481 e. The van der Waals surface area contributed by atoms with Crippen molar-refractivity contribution < 1.29 is 23.9 Å². The van der Waals surface area contributed by atoms with Crippen LogP contribution in [0.25, 0.3) is 0 Å². The lowest BCUT2D eigenvalue weighted by molar-refractivity contribution is -0.137. The number of carbonyl (C=O) groups excluding carboxylic acids is 2. The van der Waals surface area contributed by atoms with Crippen molar-refractivity contribution in [1.82, 2.24) is 16.0 Å². The molecule has 1 unspecified atom stereocenters. The van der Waals surface area contributed by atoms with Crippen molar-refractivity contribution in [2.45, 2.75) is 32.4 Å². The molecule has 0 bridgehead atoms. The van der Waals surface area contributed by atoms with Gasteiger partial charge in [-0.2, -0.15) is 0 Å². The smallest absolute Gasteiger partial charge is 0.315 e. The van der Waals surface area contributed by atoms with Crippen LogP contribution in [-0.4, -0.2) is 35.6 Å². The molecule has 1 rings (SSSR count). The van der Waals surface area contributed by atoms with Crippen LogP contribution in [0.5, 0.6) is 0 Å². The van der Waals surface area contributed by atoms with Gasteiger partial charge >= 0.3 is 12.0 Å². The van der Waals surface area contributed by atoms with Gasteiger partial charge in [-0.15, -0.1) is 0 Å². The van der Waals surface area contributed by atoms with E-state index in [2.05, 4.69) is 16.0 Å². The molecule has 1 aromatic rings. The van der Waals surface area contributed by atoms with Gasteiger partial charge in [0.1, 0.15) is 5.76 Å². The maximum Gasteiger partial charge on any atom is 0.315 e. The summed E-state index contributed by atoms with van der Waals surface area (Å²) in [6.07, 6.45) is 1.82. The lowest BCUT2D eigenvalue weighted by atomic mass is 10.2. The minimum atomic E-state index is -0.911. The van der Waals surface area contributed by atoms with Gasteiger partial charge in [0.15, 0.2) is 0 Å². The summed E-state index contributed by atoms with van der Waals surface area (Å²) in [5.41, 5.74) is 0. The Kier molecular flexibility index (Phi) is 6.79. The van der Waals surface area contributed by atoms with Gasteiger partial charge in [0.25, 0.3) is 0 Å². The third-order valence-electron chi connectivity index (χ3n) is 2.61. The van der Waals surface area contributed by atoms with Crippen LogP contribution in [0.3, 0.4) is 0 Å². The quantitative estimate of drug-likeness (QED) is 0.555. The lowest BCUT2D eigenvalue weighted by Crippen LogP contribution is -2.44. The number of hydrogen-bond donors (Lipinski definition) is 4. The molecular weight excluding hydrogens is 278 g/mol. The first-order chi connectivity index (χ1) is 9.97. The second-order valence-electron chi connectivity index (χ2n) is 4.52. The average molecular weight is 297 g/mol. The number of furan rings is 1. The number of carboxylic acids is 1. The number of rotatable bonds is 8. The van der Waals surface area contributed by atoms with Crippen LogP contribution in [0, 0.1) is 0 Å². The van der Waals surface area contributed by atoms with Crippen molar-refractivity contribution in [2.24, 2.45) is 0 Å². The lowest BCUT2D eigenvalue weighted by Gasteiger charge is -2.13. The van der Waals surface area contributed by atoms with Gasteiger partial charge < -0.3 is 25.5 Å². The fourth-order valence-corrected chi connectivity index (χ4v) is 1.54. The number of aliphatic carboxylic acids is 1. The Morgan fingerprint density at radius 2 is 2.10 bits per heavy atom. The predicted octanol–water partition coefficient (Wildman–Crippen LogP) is 0.448. The number of hydrogen-bond acceptors (Lipinski definition) is 4. The molecule has 21 heavy (non-hydrogen) atoms. The van der Waals surface area contributed by atoms with Crippen molar-refractivity contribution in [3.05, 3.63) is 24.2 Å². The molecule has 0 aliphatic carbocycles. The van der Waals surface area contributed by atoms with Crippen LogP contribution in [0.15, 0.2) is 22.8 Å². The molecule has 1 atom stereocenters. The zero-order valence-corrected chi connectivity index (χ0v) is 11.7. The summed E-state index contributed by atoms with van der Waals surface area (Å²) in [5.74, 6) is -0.676. The third-order valence-corrected chi connectivity index (χ3v) is 2.61. The van der Waals surface area contributed by atoms with Crippen LogP contribution < -0.4 is 16.0 Å². The van der Waals surface area contributed by atoms with Crippen LogP contribution in [0.2, 0.25) is 0 Å². The van der Waals surface area contributed by atoms with Crippen molar-refractivity contribution >= 4 is 17.9 Å². The summed E-state index contributed by atoms with van der Waals surface area (Å²) < 4.78 is 5.04. The third kappa shape index (κ3) is 7.61. The first kappa shape index (κ1) is 16.5. The highest BCUT2D eigenvalue weighted by Crippen LogP contribution is 1.98. The zero-order chi connectivity index (χ0) is 15.7. The van der Waals surface area contributed by atoms with E-state index in [1.54, 1.807) is 19.1 Å². The maximum absolute atomic E-state index is 11.5. The van der Waals surface area contributed by atoms with Gasteiger partial charge in [0.2, 0.25) is 5.91 Å². The van der Waals surface area contributed by atoms with Gasteiger partial charge in [-0.1, -0.05) is 0 Å². The van der Waals surface area contributed by atoms with E-state index in [0.29, 0.717) is 12.2 Å². The van der Waals surface area contributed by atoms with Crippen LogP contribution in [0.4, 0.5) is 4.79 Å². The van der Waals surface area contributed by atoms with E-state index >= 15 is 0 Å². The standard InChI is InChI=1S/C13H19N3O5/c1-9(4-5-12(18)19)16-11(17)8-15-13(20)14-7-10-3-2-6-21-10/h2-3,6,9H,4-5,7-8H2,1H3,(H,16,17)(H,18,19)(H2,14,15,20). The van der Waals surface area contributed by atoms with E-state index in [1.165, 1.54) is 6.26 Å². The number of carbonyl (C=O) groups is 3. The molecule has 116 valence electrons. The normalized spacial score (nSPS) is 11.5. The highest BCUT2D eigenvalue weighted by atomic mass is 16.4. The van der Waals surface area contributed by atoms with Crippen molar-refractivity contribution in [1.29, 1.82) is 0 Å². The summed E-state index contributed by atoms with van der Waals surface area (Å²) in [4.78, 5) is 33.3. The molecule has 0 radical (unpaired) electrons. The zero-order valence-electron chi connectivity index (χ0n) is 11.7. The van der Waals surface area contributed by atoms with Gasteiger partial charge in [-0.3, -0.25) is 9.59 Å². The number of carboxylic acid groups (broad SMARTS) is 1. The minimum Gasteiger partial charge on any atom is -0.481 e. The predicted molar refractivity (Wildman–Crippen MR) is 73.4 cm³/mol. The molecule has 1 heterocycles. The van der Waals surface area contributed by atoms with E-state index in [-0.39, 0.29) is 31.5 Å². The van der Waals surface area contributed by atoms with Gasteiger partial charge in [0.05, 0.1) is 19.4 Å². The fourth-order valence-electron chi connectivity index (χ4n) is 1.54. The van der Waals surface area contributed by atoms with E-state index in [9.17, 15) is 14.4 Å². The Balaban J connectivity index is 2.14. The Labute approximate surface area is 121 Å². The minimum absolute atomic E-state index is 0.0154. The van der Waals surface area contributed by atoms with Crippen LogP contribution in [0.1, 0.15) is 25.5 Å². The maximum atomic E-state index is 11.5. The fraction of sp³-hybridized carbons (Fsp3) is 0.462. The molecule has 0 spiro atoms. The SMILES string of the molecule is CC(CCC(=O)O)NC(=O)CNC(=O)NCc1ccco1. The molecule has 0 fully saturated rings. The second-order valence-corrected chi connectivity index (χ2v) is 4.52. The van der Waals surface area contributed by atoms with E-state index in [0.717, 1.165) is 0 Å². The van der Waals surface area contributed by atoms with Gasteiger partial charge in [-0.05, 0) is 25.5 Å². The van der Waals surface area contributed by atoms with Crippen LogP contribution >= 0.6 is 0 Å². The summed E-state index contributed by atoms with van der Waals surface area (Å²) in [6.45, 7) is 1.76. The number of nitrogens with one attached hydrogen (secondary N) is 3. The second kappa shape index (κ2) is 8.62. The Bertz CT molecular complexity index is 472. The van der Waals surface area contributed by atoms with Crippen LogP contribution in [-0.2, 0) is 16.1 Å². The molecule has 8 heteroatoms. The van der Waals surface area contributed by atoms with E-state index < -0.39 is 12.0 Å². The number of urea groups is 1. The number of amides is 3. The summed E-state index contributed by atoms with van der Waals surface area (Å²) in [6, 6.07) is 2.68. The monoisotopic (exact) mass is 297 g/mol. The van der Waals surface area contributed by atoms with E-state index in [4.69, 9.17) is 9.52 Å². The van der Waals surface area contributed by atoms with E-state index in [1.807, 2.05) is 0 Å². The summed E-state index contributed by atoms with van der Waals surface area (Å²) >= 11 is 0. The van der Waals surface area contributed by atoms with Crippen molar-refractivity contribution in [3.63, 3.8) is 0 Å². The van der Waals surface area contributed by atoms with Gasteiger partial charge in [-0.25, -0.2) is 4.79 Å². The Morgan fingerprint density at radius 3 is 2.71 bits per heavy atom. The molecule has 0 aromatic carbocycles. The average Bonchev–Trinajstić information content (AvgIpc) is 2.94. The van der Waals surface area contributed by atoms with Crippen molar-refractivity contribution in [3.8, 4) is 0 Å². The first-order valence-corrected chi connectivity index (χ1v) is 6.52. The van der Waals surface area contributed by atoms with Gasteiger partial charge in [0, 0.05) is 12.5 Å².